The van der Waals surface area contributed by atoms with E-state index in [1.807, 2.05) is 27.7 Å². The summed E-state index contributed by atoms with van der Waals surface area (Å²) in [5.41, 5.74) is -0.198. The second kappa shape index (κ2) is 4.64. The van der Waals surface area contributed by atoms with Crippen LogP contribution in [0.5, 0.6) is 0 Å². The minimum atomic E-state index is -0.537. The second-order valence-corrected chi connectivity index (χ2v) is 6.11. The standard InChI is InChI=1S/C14H17BFN3O2/c1-13(2)14(3,4)21-15(20-13)10-8-19(9-17-10)12-7-5-6-11(16)18-12/h5-9H,1-4H3. The first kappa shape index (κ1) is 14.2. The lowest BCUT2D eigenvalue weighted by Gasteiger charge is -2.32. The molecular weight excluding hydrogens is 272 g/mol. The number of hydrogen-bond acceptors (Lipinski definition) is 4. The maximum atomic E-state index is 13.2. The highest BCUT2D eigenvalue weighted by molar-refractivity contribution is 6.61. The molecule has 1 fully saturated rings. The first-order chi connectivity index (χ1) is 9.78. The average Bonchev–Trinajstić information content (AvgIpc) is 2.93. The van der Waals surface area contributed by atoms with Crippen LogP contribution in [0.4, 0.5) is 4.39 Å². The molecule has 110 valence electrons. The summed E-state index contributed by atoms with van der Waals surface area (Å²) in [5, 5.41) is 0. The number of imidazole rings is 1. The molecule has 0 aromatic carbocycles. The molecule has 0 aliphatic carbocycles. The molecule has 0 amide bonds. The summed E-state index contributed by atoms with van der Waals surface area (Å²) < 4.78 is 26.7. The van der Waals surface area contributed by atoms with E-state index in [2.05, 4.69) is 9.97 Å². The van der Waals surface area contributed by atoms with Crippen LogP contribution in [0.1, 0.15) is 27.7 Å². The molecule has 0 radical (unpaired) electrons. The van der Waals surface area contributed by atoms with Crippen LogP contribution >= 0.6 is 0 Å². The van der Waals surface area contributed by atoms with Crippen molar-refractivity contribution in [2.75, 3.05) is 0 Å². The number of aromatic nitrogens is 3. The number of nitrogens with zero attached hydrogens (tertiary/aromatic N) is 3. The van der Waals surface area contributed by atoms with E-state index in [1.54, 1.807) is 29.2 Å². The minimum absolute atomic E-state index is 0.418. The van der Waals surface area contributed by atoms with Gasteiger partial charge in [0.15, 0.2) is 0 Å². The Hall–Kier alpha value is -1.73. The monoisotopic (exact) mass is 289 g/mol. The summed E-state index contributed by atoms with van der Waals surface area (Å²) in [6, 6.07) is 4.61. The van der Waals surface area contributed by atoms with Crippen molar-refractivity contribution in [3.8, 4) is 5.82 Å². The van der Waals surface area contributed by atoms with E-state index < -0.39 is 24.3 Å². The zero-order chi connectivity index (χ0) is 15.3. The van der Waals surface area contributed by atoms with Gasteiger partial charge >= 0.3 is 7.12 Å². The van der Waals surface area contributed by atoms with Gasteiger partial charge in [-0.25, -0.2) is 9.97 Å². The second-order valence-electron chi connectivity index (χ2n) is 6.11. The number of halogens is 1. The van der Waals surface area contributed by atoms with Crippen molar-refractivity contribution in [2.45, 2.75) is 38.9 Å². The molecule has 0 bridgehead atoms. The molecule has 1 aliphatic heterocycles. The Kier molecular flexibility index (Phi) is 3.14. The number of pyridine rings is 1. The molecule has 0 N–H and O–H groups in total. The fourth-order valence-corrected chi connectivity index (χ4v) is 2.09. The molecule has 1 aliphatic rings. The average molecular weight is 289 g/mol. The lowest BCUT2D eigenvalue weighted by atomic mass is 9.86. The van der Waals surface area contributed by atoms with Crippen LogP contribution in [-0.2, 0) is 9.31 Å². The lowest BCUT2D eigenvalue weighted by molar-refractivity contribution is 0.00578. The van der Waals surface area contributed by atoms with Crippen LogP contribution in [0.15, 0.2) is 30.7 Å². The maximum absolute atomic E-state index is 13.2. The Morgan fingerprint density at radius 3 is 2.43 bits per heavy atom. The molecule has 3 heterocycles. The van der Waals surface area contributed by atoms with Crippen LogP contribution < -0.4 is 5.59 Å². The van der Waals surface area contributed by atoms with Crippen molar-refractivity contribution in [1.82, 2.24) is 14.5 Å². The zero-order valence-electron chi connectivity index (χ0n) is 12.5. The van der Waals surface area contributed by atoms with Gasteiger partial charge in [0.05, 0.1) is 23.1 Å². The normalized spacial score (nSPS) is 20.0. The molecule has 1 saturated heterocycles. The van der Waals surface area contributed by atoms with Crippen molar-refractivity contribution in [3.63, 3.8) is 0 Å². The van der Waals surface area contributed by atoms with Crippen LogP contribution in [0.3, 0.4) is 0 Å². The number of rotatable bonds is 2. The Morgan fingerprint density at radius 2 is 1.81 bits per heavy atom. The van der Waals surface area contributed by atoms with Gasteiger partial charge in [0, 0.05) is 6.20 Å². The molecule has 0 unspecified atom stereocenters. The van der Waals surface area contributed by atoms with Crippen molar-refractivity contribution < 1.29 is 13.7 Å². The Morgan fingerprint density at radius 1 is 1.14 bits per heavy atom. The zero-order valence-corrected chi connectivity index (χ0v) is 12.5. The predicted molar refractivity (Wildman–Crippen MR) is 77.0 cm³/mol. The third-order valence-corrected chi connectivity index (χ3v) is 4.06. The Labute approximate surface area is 123 Å². The summed E-state index contributed by atoms with van der Waals surface area (Å²) in [7, 11) is -0.537. The molecular formula is C14H17BFN3O2. The van der Waals surface area contributed by atoms with E-state index in [1.165, 1.54) is 6.07 Å². The molecule has 3 rings (SSSR count). The van der Waals surface area contributed by atoms with Crippen molar-refractivity contribution in [2.24, 2.45) is 0 Å². The van der Waals surface area contributed by atoms with E-state index >= 15 is 0 Å². The summed E-state index contributed by atoms with van der Waals surface area (Å²) >= 11 is 0. The molecule has 21 heavy (non-hydrogen) atoms. The van der Waals surface area contributed by atoms with Crippen molar-refractivity contribution >= 4 is 12.7 Å². The van der Waals surface area contributed by atoms with Gasteiger partial charge in [0.1, 0.15) is 5.82 Å². The summed E-state index contributed by atoms with van der Waals surface area (Å²) in [6.07, 6.45) is 3.31. The van der Waals surface area contributed by atoms with Gasteiger partial charge in [-0.15, -0.1) is 0 Å². The van der Waals surface area contributed by atoms with Crippen LogP contribution in [0.2, 0.25) is 0 Å². The van der Waals surface area contributed by atoms with Gasteiger partial charge < -0.3 is 9.31 Å². The molecule has 5 nitrogen and oxygen atoms in total. The van der Waals surface area contributed by atoms with Gasteiger partial charge in [-0.2, -0.15) is 4.39 Å². The fraction of sp³-hybridized carbons (Fsp3) is 0.429. The number of hydrogen-bond donors (Lipinski definition) is 0. The summed E-state index contributed by atoms with van der Waals surface area (Å²) in [4.78, 5) is 8.10. The van der Waals surface area contributed by atoms with Crippen LogP contribution in [-0.4, -0.2) is 32.9 Å². The minimum Gasteiger partial charge on any atom is -0.398 e. The smallest absolute Gasteiger partial charge is 0.398 e. The molecule has 2 aromatic heterocycles. The lowest BCUT2D eigenvalue weighted by Crippen LogP contribution is -2.41. The molecule has 7 heteroatoms. The Bertz CT molecular complexity index is 656. The van der Waals surface area contributed by atoms with Crippen LogP contribution in [0, 0.1) is 5.95 Å². The molecule has 0 atom stereocenters. The Balaban J connectivity index is 1.87. The predicted octanol–water partition coefficient (Wildman–Crippen LogP) is 1.71. The third kappa shape index (κ3) is 2.47. The largest absolute Gasteiger partial charge is 0.516 e. The van der Waals surface area contributed by atoms with Gasteiger partial charge in [0.25, 0.3) is 0 Å². The first-order valence-electron chi connectivity index (χ1n) is 6.81. The van der Waals surface area contributed by atoms with E-state index in [0.717, 1.165) is 0 Å². The molecule has 0 saturated carbocycles. The summed E-state index contributed by atoms with van der Waals surface area (Å²) in [5.74, 6) is -0.0661. The van der Waals surface area contributed by atoms with Crippen molar-refractivity contribution in [1.29, 1.82) is 0 Å². The van der Waals surface area contributed by atoms with Crippen molar-refractivity contribution in [3.05, 3.63) is 36.7 Å². The summed E-state index contributed by atoms with van der Waals surface area (Å²) in [6.45, 7) is 7.94. The quantitative estimate of drug-likeness (QED) is 0.624. The van der Waals surface area contributed by atoms with Gasteiger partial charge in [-0.05, 0) is 39.8 Å². The molecule has 2 aromatic rings. The highest BCUT2D eigenvalue weighted by Crippen LogP contribution is 2.36. The van der Waals surface area contributed by atoms with Crippen LogP contribution in [0.25, 0.3) is 5.82 Å². The topological polar surface area (TPSA) is 49.2 Å². The first-order valence-corrected chi connectivity index (χ1v) is 6.81. The maximum Gasteiger partial charge on any atom is 0.516 e. The van der Waals surface area contributed by atoms with E-state index in [0.29, 0.717) is 11.4 Å². The van der Waals surface area contributed by atoms with E-state index in [9.17, 15) is 4.39 Å². The van der Waals surface area contributed by atoms with E-state index in [4.69, 9.17) is 9.31 Å². The van der Waals surface area contributed by atoms with Gasteiger partial charge in [0.2, 0.25) is 5.95 Å². The SMILES string of the molecule is CC1(C)OB(c2cn(-c3cccc(F)n3)cn2)OC1(C)C. The highest BCUT2D eigenvalue weighted by atomic mass is 19.1. The van der Waals surface area contributed by atoms with E-state index in [-0.39, 0.29) is 0 Å². The fourth-order valence-electron chi connectivity index (χ4n) is 2.09. The third-order valence-electron chi connectivity index (χ3n) is 4.06. The van der Waals surface area contributed by atoms with Gasteiger partial charge in [-0.1, -0.05) is 6.07 Å². The highest BCUT2D eigenvalue weighted by Gasteiger charge is 2.52. The van der Waals surface area contributed by atoms with Gasteiger partial charge in [-0.3, -0.25) is 4.57 Å². The molecule has 0 spiro atoms.